The van der Waals surface area contributed by atoms with Gasteiger partial charge in [0.1, 0.15) is 0 Å². The van der Waals surface area contributed by atoms with Gasteiger partial charge in [0.15, 0.2) is 0 Å². The summed E-state index contributed by atoms with van der Waals surface area (Å²) in [5.74, 6) is 0. The van der Waals surface area contributed by atoms with Crippen molar-refractivity contribution in [2.45, 2.75) is 3.79 Å². The van der Waals surface area contributed by atoms with Crippen molar-refractivity contribution in [1.82, 2.24) is 0 Å². The van der Waals surface area contributed by atoms with Crippen LogP contribution in [0.3, 0.4) is 0 Å². The first-order valence-electron chi connectivity index (χ1n) is 2.42. The molecule has 0 saturated heterocycles. The molecule has 0 amide bonds. The SMILES string of the molecule is Clc1csc(C(Cl)(Cl)Cl)c1Cl. The first kappa shape index (κ1) is 10.2. The highest BCUT2D eigenvalue weighted by Crippen LogP contribution is 2.47. The zero-order valence-electron chi connectivity index (χ0n) is 4.88. The number of thiophene rings is 1. The molecule has 0 saturated carbocycles. The van der Waals surface area contributed by atoms with E-state index in [0.29, 0.717) is 14.9 Å². The van der Waals surface area contributed by atoms with E-state index in [4.69, 9.17) is 58.0 Å². The fourth-order valence-electron chi connectivity index (χ4n) is 0.514. The average molecular weight is 270 g/mol. The van der Waals surface area contributed by atoms with Crippen LogP contribution >= 0.6 is 69.3 Å². The molecule has 6 heteroatoms. The van der Waals surface area contributed by atoms with Crippen LogP contribution in [-0.2, 0) is 3.79 Å². The normalized spacial score (nSPS) is 12.1. The van der Waals surface area contributed by atoms with Crippen LogP contribution in [0.4, 0.5) is 0 Å². The second-order valence-electron chi connectivity index (χ2n) is 1.72. The van der Waals surface area contributed by atoms with Crippen molar-refractivity contribution >= 4 is 69.3 Å². The van der Waals surface area contributed by atoms with Crippen LogP contribution in [0.25, 0.3) is 0 Å². The number of alkyl halides is 3. The zero-order valence-corrected chi connectivity index (χ0v) is 9.47. The highest BCUT2D eigenvalue weighted by molar-refractivity contribution is 7.12. The molecule has 0 aliphatic carbocycles. The number of hydrogen-bond acceptors (Lipinski definition) is 1. The Morgan fingerprint density at radius 2 is 1.73 bits per heavy atom. The summed E-state index contributed by atoms with van der Waals surface area (Å²) in [4.78, 5) is 0.453. The van der Waals surface area contributed by atoms with Crippen LogP contribution < -0.4 is 0 Å². The molecule has 0 bridgehead atoms. The molecule has 1 aromatic rings. The third kappa shape index (κ3) is 2.30. The van der Waals surface area contributed by atoms with Gasteiger partial charge in [0, 0.05) is 5.38 Å². The molecular formula is C5HCl5S. The maximum Gasteiger partial charge on any atom is 0.226 e. The van der Waals surface area contributed by atoms with E-state index in [9.17, 15) is 0 Å². The van der Waals surface area contributed by atoms with Crippen LogP contribution in [0.5, 0.6) is 0 Å². The highest BCUT2D eigenvalue weighted by Gasteiger charge is 2.28. The van der Waals surface area contributed by atoms with Crippen LogP contribution in [0, 0.1) is 0 Å². The van der Waals surface area contributed by atoms with Crippen LogP contribution in [0.15, 0.2) is 5.38 Å². The van der Waals surface area contributed by atoms with E-state index in [0.717, 1.165) is 0 Å². The Morgan fingerprint density at radius 1 is 1.18 bits per heavy atom. The van der Waals surface area contributed by atoms with Crippen LogP contribution in [0.2, 0.25) is 10.0 Å². The summed E-state index contributed by atoms with van der Waals surface area (Å²) in [6.07, 6.45) is 0. The number of hydrogen-bond donors (Lipinski definition) is 0. The summed E-state index contributed by atoms with van der Waals surface area (Å²) in [6.45, 7) is 0. The standard InChI is InChI=1S/C5HCl5S/c6-2-1-11-4(3(2)7)5(8,9)10/h1H. The summed E-state index contributed by atoms with van der Waals surface area (Å²) >= 11 is 29.3. The lowest BCUT2D eigenvalue weighted by Gasteiger charge is -2.07. The van der Waals surface area contributed by atoms with E-state index in [1.165, 1.54) is 11.3 Å². The Labute approximate surface area is 93.0 Å². The van der Waals surface area contributed by atoms with Gasteiger partial charge in [0.05, 0.1) is 14.9 Å². The van der Waals surface area contributed by atoms with Gasteiger partial charge >= 0.3 is 0 Å². The molecule has 62 valence electrons. The zero-order chi connectivity index (χ0) is 8.65. The smallest absolute Gasteiger partial charge is 0.141 e. The summed E-state index contributed by atoms with van der Waals surface area (Å²) in [6, 6.07) is 0. The molecule has 0 fully saturated rings. The molecule has 0 nitrogen and oxygen atoms in total. The van der Waals surface area contributed by atoms with Gasteiger partial charge in [0.25, 0.3) is 0 Å². The van der Waals surface area contributed by atoms with Crippen LogP contribution in [0.1, 0.15) is 4.88 Å². The molecule has 0 atom stereocenters. The first-order chi connectivity index (χ1) is 4.93. The minimum Gasteiger partial charge on any atom is -0.141 e. The Balaban J connectivity index is 3.15. The fourth-order valence-corrected chi connectivity index (χ4v) is 2.71. The molecule has 0 aliphatic heterocycles. The average Bonchev–Trinajstić information content (AvgIpc) is 2.11. The van der Waals surface area contributed by atoms with Gasteiger partial charge in [-0.15, -0.1) is 11.3 Å². The maximum atomic E-state index is 5.72. The number of rotatable bonds is 0. The second-order valence-corrected chi connectivity index (χ2v) is 5.67. The lowest BCUT2D eigenvalue weighted by Crippen LogP contribution is -1.96. The molecule has 1 heterocycles. The number of halogens is 5. The van der Waals surface area contributed by atoms with Crippen molar-refractivity contribution in [2.24, 2.45) is 0 Å². The summed E-state index contributed by atoms with van der Waals surface area (Å²) in [7, 11) is 0. The highest BCUT2D eigenvalue weighted by atomic mass is 35.6. The maximum absolute atomic E-state index is 5.72. The van der Waals surface area contributed by atoms with Crippen molar-refractivity contribution in [3.63, 3.8) is 0 Å². The second kappa shape index (κ2) is 3.49. The fraction of sp³-hybridized carbons (Fsp3) is 0.200. The van der Waals surface area contributed by atoms with E-state index in [1.807, 2.05) is 0 Å². The third-order valence-electron chi connectivity index (χ3n) is 0.947. The molecule has 0 spiro atoms. The van der Waals surface area contributed by atoms with Gasteiger partial charge in [-0.3, -0.25) is 0 Å². The molecule has 0 N–H and O–H groups in total. The van der Waals surface area contributed by atoms with Crippen molar-refractivity contribution in [1.29, 1.82) is 0 Å². The van der Waals surface area contributed by atoms with Crippen molar-refractivity contribution in [3.05, 3.63) is 20.3 Å². The Morgan fingerprint density at radius 3 is 1.91 bits per heavy atom. The van der Waals surface area contributed by atoms with Gasteiger partial charge in [0.2, 0.25) is 3.79 Å². The minimum atomic E-state index is -1.48. The van der Waals surface area contributed by atoms with Gasteiger partial charge in [-0.1, -0.05) is 58.0 Å². The topological polar surface area (TPSA) is 0 Å². The summed E-state index contributed by atoms with van der Waals surface area (Å²) < 4.78 is -1.48. The summed E-state index contributed by atoms with van der Waals surface area (Å²) in [5, 5.41) is 2.36. The monoisotopic (exact) mass is 268 g/mol. The molecule has 1 rings (SSSR count). The van der Waals surface area contributed by atoms with E-state index < -0.39 is 3.79 Å². The summed E-state index contributed by atoms with van der Waals surface area (Å²) in [5.41, 5.74) is 0. The van der Waals surface area contributed by atoms with E-state index in [-0.39, 0.29) is 0 Å². The first-order valence-corrected chi connectivity index (χ1v) is 5.19. The van der Waals surface area contributed by atoms with Gasteiger partial charge in [-0.05, 0) is 0 Å². The molecule has 0 unspecified atom stereocenters. The predicted molar refractivity (Wildman–Crippen MR) is 53.6 cm³/mol. The van der Waals surface area contributed by atoms with Crippen molar-refractivity contribution in [2.75, 3.05) is 0 Å². The lowest BCUT2D eigenvalue weighted by atomic mass is 10.5. The molecular weight excluding hydrogens is 269 g/mol. The van der Waals surface area contributed by atoms with Gasteiger partial charge in [-0.2, -0.15) is 0 Å². The van der Waals surface area contributed by atoms with E-state index >= 15 is 0 Å². The molecule has 1 aromatic heterocycles. The molecule has 11 heavy (non-hydrogen) atoms. The van der Waals surface area contributed by atoms with Crippen LogP contribution in [-0.4, -0.2) is 0 Å². The van der Waals surface area contributed by atoms with E-state index in [1.54, 1.807) is 5.38 Å². The Bertz CT molecular complexity index is 260. The Hall–Kier alpha value is 1.15. The largest absolute Gasteiger partial charge is 0.226 e. The molecule has 0 radical (unpaired) electrons. The van der Waals surface area contributed by atoms with Crippen molar-refractivity contribution in [3.8, 4) is 0 Å². The van der Waals surface area contributed by atoms with Gasteiger partial charge in [-0.25, -0.2) is 0 Å². The molecule has 0 aliphatic rings. The predicted octanol–water partition coefficient (Wildman–Crippen LogP) is 4.88. The quantitative estimate of drug-likeness (QED) is 0.589. The lowest BCUT2D eigenvalue weighted by molar-refractivity contribution is 1.32. The van der Waals surface area contributed by atoms with E-state index in [2.05, 4.69) is 0 Å². The van der Waals surface area contributed by atoms with Gasteiger partial charge < -0.3 is 0 Å². The van der Waals surface area contributed by atoms with Crippen molar-refractivity contribution < 1.29 is 0 Å². The molecule has 0 aromatic carbocycles. The third-order valence-corrected chi connectivity index (χ3v) is 3.98. The Kier molecular flexibility index (Phi) is 3.24. The minimum absolute atomic E-state index is 0.316.